The van der Waals surface area contributed by atoms with Crippen LogP contribution in [0.15, 0.2) is 12.3 Å². The Bertz CT molecular complexity index is 515. The van der Waals surface area contributed by atoms with Crippen molar-refractivity contribution in [3.63, 3.8) is 0 Å². The summed E-state index contributed by atoms with van der Waals surface area (Å²) in [7, 11) is 1.59. The molecule has 0 unspecified atom stereocenters. The number of nitrogens with zero attached hydrogens (tertiary/aromatic N) is 3. The van der Waals surface area contributed by atoms with Gasteiger partial charge in [-0.1, -0.05) is 11.3 Å². The number of rotatable bonds is 5. The normalized spacial score (nSPS) is 22.8. The van der Waals surface area contributed by atoms with Crippen LogP contribution in [0.5, 0.6) is 5.19 Å². The zero-order valence-electron chi connectivity index (χ0n) is 10.5. The van der Waals surface area contributed by atoms with E-state index in [1.165, 1.54) is 11.3 Å². The van der Waals surface area contributed by atoms with Crippen LogP contribution in [0.25, 0.3) is 0 Å². The van der Waals surface area contributed by atoms with Crippen LogP contribution in [0.4, 0.5) is 0 Å². The summed E-state index contributed by atoms with van der Waals surface area (Å²) in [5, 5.41) is 19.8. The molecule has 2 aromatic heterocycles. The van der Waals surface area contributed by atoms with Crippen LogP contribution in [-0.2, 0) is 11.3 Å². The summed E-state index contributed by atoms with van der Waals surface area (Å²) in [5.74, 6) is 0. The van der Waals surface area contributed by atoms with Crippen molar-refractivity contribution in [2.45, 2.75) is 25.1 Å². The monoisotopic (exact) mass is 281 g/mol. The number of H-pyrrole nitrogens is 1. The summed E-state index contributed by atoms with van der Waals surface area (Å²) in [4.78, 5) is 0. The van der Waals surface area contributed by atoms with Crippen LogP contribution in [0.2, 0.25) is 0 Å². The Labute approximate surface area is 114 Å². The number of ether oxygens (including phenoxy) is 2. The molecule has 1 saturated heterocycles. The van der Waals surface area contributed by atoms with E-state index in [9.17, 15) is 0 Å². The Morgan fingerprint density at radius 1 is 1.58 bits per heavy atom. The van der Waals surface area contributed by atoms with Crippen molar-refractivity contribution in [1.82, 2.24) is 25.7 Å². The summed E-state index contributed by atoms with van der Waals surface area (Å²) >= 11 is 1.45. The predicted octanol–water partition coefficient (Wildman–Crippen LogP) is 0.890. The Hall–Kier alpha value is -1.51. The van der Waals surface area contributed by atoms with Gasteiger partial charge in [0, 0.05) is 18.8 Å². The van der Waals surface area contributed by atoms with Crippen LogP contribution in [0, 0.1) is 0 Å². The maximum atomic E-state index is 5.73. The minimum absolute atomic E-state index is 0.0253. The number of aromatic amines is 1. The van der Waals surface area contributed by atoms with Gasteiger partial charge in [-0.3, -0.25) is 5.10 Å². The smallest absolute Gasteiger partial charge is 0.293 e. The first kappa shape index (κ1) is 12.5. The van der Waals surface area contributed by atoms with Gasteiger partial charge in [0.25, 0.3) is 5.19 Å². The van der Waals surface area contributed by atoms with Gasteiger partial charge in [-0.2, -0.15) is 5.10 Å². The highest BCUT2D eigenvalue weighted by Crippen LogP contribution is 2.28. The molecule has 0 spiro atoms. The van der Waals surface area contributed by atoms with Gasteiger partial charge in [-0.25, -0.2) is 0 Å². The summed E-state index contributed by atoms with van der Waals surface area (Å²) in [6.45, 7) is 1.42. The molecule has 1 aliphatic rings. The molecule has 19 heavy (non-hydrogen) atoms. The SMILES string of the molecule is COc1nnc(CN[C@@H]2CCO[C@H]2c2ccn[nH]2)s1. The lowest BCUT2D eigenvalue weighted by atomic mass is 10.1. The number of nitrogens with one attached hydrogen (secondary N) is 2. The second-order valence-electron chi connectivity index (χ2n) is 4.25. The zero-order chi connectivity index (χ0) is 13.1. The Morgan fingerprint density at radius 2 is 2.53 bits per heavy atom. The fourth-order valence-corrected chi connectivity index (χ4v) is 2.74. The van der Waals surface area contributed by atoms with E-state index in [0.29, 0.717) is 11.7 Å². The van der Waals surface area contributed by atoms with Crippen molar-refractivity contribution < 1.29 is 9.47 Å². The highest BCUT2D eigenvalue weighted by atomic mass is 32.1. The van der Waals surface area contributed by atoms with Gasteiger partial charge in [-0.15, -0.1) is 10.2 Å². The van der Waals surface area contributed by atoms with Crippen LogP contribution in [0.1, 0.15) is 23.2 Å². The average molecular weight is 281 g/mol. The lowest BCUT2D eigenvalue weighted by molar-refractivity contribution is 0.0950. The Morgan fingerprint density at radius 3 is 3.26 bits per heavy atom. The van der Waals surface area contributed by atoms with E-state index in [4.69, 9.17) is 9.47 Å². The van der Waals surface area contributed by atoms with Crippen molar-refractivity contribution in [3.05, 3.63) is 23.0 Å². The van der Waals surface area contributed by atoms with Crippen molar-refractivity contribution in [3.8, 4) is 5.19 Å². The van der Waals surface area contributed by atoms with Gasteiger partial charge < -0.3 is 14.8 Å². The molecule has 2 aromatic rings. The number of methoxy groups -OCH3 is 1. The number of hydrogen-bond acceptors (Lipinski definition) is 7. The molecule has 0 aromatic carbocycles. The molecule has 0 saturated carbocycles. The second kappa shape index (κ2) is 5.64. The maximum absolute atomic E-state index is 5.73. The first-order chi connectivity index (χ1) is 9.36. The second-order valence-corrected chi connectivity index (χ2v) is 5.27. The predicted molar refractivity (Wildman–Crippen MR) is 69.0 cm³/mol. The minimum atomic E-state index is 0.0253. The van der Waals surface area contributed by atoms with Gasteiger partial charge >= 0.3 is 0 Å². The molecule has 1 aliphatic heterocycles. The molecular formula is C11H15N5O2S. The average Bonchev–Trinajstić information content (AvgIpc) is 3.16. The molecule has 8 heteroatoms. The van der Waals surface area contributed by atoms with Crippen molar-refractivity contribution in [2.24, 2.45) is 0 Å². The summed E-state index contributed by atoms with van der Waals surface area (Å²) < 4.78 is 10.8. The van der Waals surface area contributed by atoms with E-state index in [1.807, 2.05) is 6.07 Å². The van der Waals surface area contributed by atoms with E-state index in [2.05, 4.69) is 25.7 Å². The molecule has 3 rings (SSSR count). The van der Waals surface area contributed by atoms with Crippen molar-refractivity contribution >= 4 is 11.3 Å². The van der Waals surface area contributed by atoms with Crippen LogP contribution in [0.3, 0.4) is 0 Å². The number of aromatic nitrogens is 4. The van der Waals surface area contributed by atoms with Gasteiger partial charge in [-0.05, 0) is 12.5 Å². The summed E-state index contributed by atoms with van der Waals surface area (Å²) in [5.41, 5.74) is 1.00. The van der Waals surface area contributed by atoms with Crippen LogP contribution in [-0.4, -0.2) is 40.2 Å². The summed E-state index contributed by atoms with van der Waals surface area (Å²) in [6, 6.07) is 2.20. The minimum Gasteiger partial charge on any atom is -0.472 e. The van der Waals surface area contributed by atoms with Gasteiger partial charge in [0.1, 0.15) is 11.1 Å². The largest absolute Gasteiger partial charge is 0.472 e. The van der Waals surface area contributed by atoms with Gasteiger partial charge in [0.05, 0.1) is 19.3 Å². The van der Waals surface area contributed by atoms with Crippen LogP contribution >= 0.6 is 11.3 Å². The van der Waals surface area contributed by atoms with E-state index in [-0.39, 0.29) is 12.1 Å². The molecule has 1 fully saturated rings. The Kier molecular flexibility index (Phi) is 3.72. The standard InChI is InChI=1S/C11H15N5O2S/c1-17-11-16-15-9(19-11)6-12-7-3-5-18-10(7)8-2-4-13-14-8/h2,4,7,10,12H,3,5-6H2,1H3,(H,13,14)/t7-,10-/m1/s1. The zero-order valence-corrected chi connectivity index (χ0v) is 11.3. The van der Waals surface area contributed by atoms with Crippen LogP contribution < -0.4 is 10.1 Å². The molecule has 0 bridgehead atoms. The van der Waals surface area contributed by atoms with Gasteiger partial charge in [0.15, 0.2) is 0 Å². The van der Waals surface area contributed by atoms with E-state index >= 15 is 0 Å². The first-order valence-corrected chi connectivity index (χ1v) is 6.89. The molecule has 0 amide bonds. The molecule has 2 N–H and O–H groups in total. The first-order valence-electron chi connectivity index (χ1n) is 6.07. The lowest BCUT2D eigenvalue weighted by Crippen LogP contribution is -2.31. The van der Waals surface area contributed by atoms with E-state index in [1.54, 1.807) is 13.3 Å². The van der Waals surface area contributed by atoms with Crippen molar-refractivity contribution in [2.75, 3.05) is 13.7 Å². The highest BCUT2D eigenvalue weighted by molar-refractivity contribution is 7.13. The molecule has 0 aliphatic carbocycles. The maximum Gasteiger partial charge on any atom is 0.293 e. The summed E-state index contributed by atoms with van der Waals surface area (Å²) in [6.07, 6.45) is 2.74. The fraction of sp³-hybridized carbons (Fsp3) is 0.545. The molecule has 2 atom stereocenters. The number of hydrogen-bond donors (Lipinski definition) is 2. The molecule has 3 heterocycles. The van der Waals surface area contributed by atoms with Gasteiger partial charge in [0.2, 0.25) is 0 Å². The molecule has 7 nitrogen and oxygen atoms in total. The molecule has 102 valence electrons. The van der Waals surface area contributed by atoms with E-state index < -0.39 is 0 Å². The highest BCUT2D eigenvalue weighted by Gasteiger charge is 2.30. The molecular weight excluding hydrogens is 266 g/mol. The molecule has 0 radical (unpaired) electrons. The quantitative estimate of drug-likeness (QED) is 0.846. The van der Waals surface area contributed by atoms with E-state index in [0.717, 1.165) is 23.7 Å². The van der Waals surface area contributed by atoms with Crippen molar-refractivity contribution in [1.29, 1.82) is 0 Å². The fourth-order valence-electron chi connectivity index (χ4n) is 2.14. The Balaban J connectivity index is 1.60. The lowest BCUT2D eigenvalue weighted by Gasteiger charge is -2.17. The third-order valence-electron chi connectivity index (χ3n) is 3.06. The third kappa shape index (κ3) is 2.75. The topological polar surface area (TPSA) is 85.0 Å². The third-order valence-corrected chi connectivity index (χ3v) is 3.94.